The number of methoxy groups -OCH3 is 1. The van der Waals surface area contributed by atoms with Gasteiger partial charge in [0.25, 0.3) is 17.7 Å². The molecule has 1 unspecified atom stereocenters. The Hall–Kier alpha value is -1.77. The molecule has 0 spiro atoms. The van der Waals surface area contributed by atoms with Crippen molar-refractivity contribution in [2.45, 2.75) is 45.2 Å². The molecule has 1 saturated carbocycles. The predicted octanol–water partition coefficient (Wildman–Crippen LogP) is 1.52. The van der Waals surface area contributed by atoms with Crippen molar-refractivity contribution in [3.8, 4) is 10.8 Å². The molecule has 3 rings (SSSR count). The second-order valence-corrected chi connectivity index (χ2v) is 8.21. The molecular weight excluding hydrogens is 364 g/mol. The Morgan fingerprint density at radius 3 is 3.00 bits per heavy atom. The Bertz CT molecular complexity index is 704. The van der Waals surface area contributed by atoms with E-state index in [1.807, 2.05) is 17.5 Å². The summed E-state index contributed by atoms with van der Waals surface area (Å²) in [6.07, 6.45) is 4.73. The highest BCUT2D eigenvalue weighted by atomic mass is 32.1. The van der Waals surface area contributed by atoms with Crippen molar-refractivity contribution in [1.82, 2.24) is 15.5 Å². The predicted molar refractivity (Wildman–Crippen MR) is 103 cm³/mol. The fraction of sp³-hybridized carbons (Fsp3) is 0.632. The summed E-state index contributed by atoms with van der Waals surface area (Å²) >= 11 is 1.57. The number of nitrogens with zero attached hydrogens (tertiary/aromatic N) is 2. The maximum absolute atomic E-state index is 12.6. The molecule has 3 atom stereocenters. The summed E-state index contributed by atoms with van der Waals surface area (Å²) in [4.78, 5) is 14.6. The molecule has 0 bridgehead atoms. The third kappa shape index (κ3) is 5.85. The van der Waals surface area contributed by atoms with Crippen LogP contribution in [-0.4, -0.2) is 49.0 Å². The van der Waals surface area contributed by atoms with E-state index in [4.69, 9.17) is 9.15 Å². The highest BCUT2D eigenvalue weighted by Crippen LogP contribution is 2.24. The topological polar surface area (TPSA) is 81.7 Å². The second kappa shape index (κ2) is 9.96. The summed E-state index contributed by atoms with van der Waals surface area (Å²) in [6.45, 7) is 4.40. The summed E-state index contributed by atoms with van der Waals surface area (Å²) in [6, 6.07) is 4.20. The van der Waals surface area contributed by atoms with E-state index in [0.29, 0.717) is 50.0 Å². The lowest BCUT2D eigenvalue weighted by Crippen LogP contribution is -3.12. The number of carbonyl (C=O) groups is 1. The van der Waals surface area contributed by atoms with Crippen LogP contribution in [0.4, 0.5) is 0 Å². The van der Waals surface area contributed by atoms with E-state index in [0.717, 1.165) is 16.2 Å². The van der Waals surface area contributed by atoms with Crippen LogP contribution in [0.2, 0.25) is 0 Å². The van der Waals surface area contributed by atoms with Gasteiger partial charge in [-0.1, -0.05) is 25.8 Å². The first-order chi connectivity index (χ1) is 13.2. The lowest BCUT2D eigenvalue weighted by atomic mass is 9.86. The largest absolute Gasteiger partial charge is 0.414 e. The smallest absolute Gasteiger partial charge is 0.275 e. The van der Waals surface area contributed by atoms with Crippen LogP contribution in [0.1, 0.15) is 38.5 Å². The van der Waals surface area contributed by atoms with E-state index in [1.165, 1.54) is 19.3 Å². The summed E-state index contributed by atoms with van der Waals surface area (Å²) < 4.78 is 11.0. The fourth-order valence-corrected chi connectivity index (χ4v) is 4.18. The van der Waals surface area contributed by atoms with E-state index in [2.05, 4.69) is 22.4 Å². The maximum atomic E-state index is 12.6. The molecule has 2 heterocycles. The molecule has 8 heteroatoms. The Morgan fingerprint density at radius 2 is 2.26 bits per heavy atom. The van der Waals surface area contributed by atoms with Crippen molar-refractivity contribution in [1.29, 1.82) is 0 Å². The van der Waals surface area contributed by atoms with Crippen LogP contribution in [0.25, 0.3) is 10.8 Å². The van der Waals surface area contributed by atoms with Crippen molar-refractivity contribution in [2.75, 3.05) is 26.8 Å². The van der Waals surface area contributed by atoms with Gasteiger partial charge in [0.05, 0.1) is 11.5 Å². The third-order valence-electron chi connectivity index (χ3n) is 5.13. The normalized spacial score (nSPS) is 21.1. The number of hydrogen-bond donors (Lipinski definition) is 2. The van der Waals surface area contributed by atoms with Crippen LogP contribution in [0, 0.1) is 5.92 Å². The van der Waals surface area contributed by atoms with Crippen molar-refractivity contribution in [3.05, 3.63) is 23.4 Å². The van der Waals surface area contributed by atoms with E-state index in [1.54, 1.807) is 18.4 Å². The Kier molecular flexibility index (Phi) is 7.37. The SMILES string of the molecule is COCC[NH+](CC(=O)N[C@H]1CCCC[C@@H]1C)Cc1nnc(-c2cccs2)o1. The summed E-state index contributed by atoms with van der Waals surface area (Å²) in [5.41, 5.74) is 0. The summed E-state index contributed by atoms with van der Waals surface area (Å²) in [5, 5.41) is 13.5. The Balaban J connectivity index is 1.57. The number of nitrogens with one attached hydrogen (secondary N) is 2. The average molecular weight is 394 g/mol. The van der Waals surface area contributed by atoms with Gasteiger partial charge in [0.1, 0.15) is 6.54 Å². The van der Waals surface area contributed by atoms with Gasteiger partial charge in [0, 0.05) is 13.2 Å². The molecule has 2 aromatic rings. The van der Waals surface area contributed by atoms with Gasteiger partial charge in [-0.05, 0) is 30.2 Å². The minimum Gasteiger partial charge on any atom is -0.414 e. The van der Waals surface area contributed by atoms with Gasteiger partial charge in [-0.15, -0.1) is 21.5 Å². The van der Waals surface area contributed by atoms with E-state index < -0.39 is 0 Å². The lowest BCUT2D eigenvalue weighted by Gasteiger charge is -2.29. The average Bonchev–Trinajstić information content (AvgIpc) is 3.33. The zero-order valence-corrected chi connectivity index (χ0v) is 16.9. The van der Waals surface area contributed by atoms with Crippen LogP contribution in [0.5, 0.6) is 0 Å². The molecule has 148 valence electrons. The molecule has 0 saturated heterocycles. The standard InChI is InChI=1S/C19H28N4O3S/c1-14-6-3-4-7-15(14)20-17(24)12-23(9-10-25-2)13-18-21-22-19(26-18)16-8-5-11-27-16/h5,8,11,14-15H,3-4,6-7,9-10,12-13H2,1-2H3,(H,20,24)/p+1/t14-,15-/m0/s1. The van der Waals surface area contributed by atoms with Crippen molar-refractivity contribution >= 4 is 17.2 Å². The molecule has 1 fully saturated rings. The van der Waals surface area contributed by atoms with Crippen LogP contribution in [0.15, 0.2) is 21.9 Å². The molecule has 0 radical (unpaired) electrons. The van der Waals surface area contributed by atoms with Crippen LogP contribution in [-0.2, 0) is 16.1 Å². The molecule has 27 heavy (non-hydrogen) atoms. The van der Waals surface area contributed by atoms with Crippen molar-refractivity contribution in [2.24, 2.45) is 5.92 Å². The van der Waals surface area contributed by atoms with E-state index in [-0.39, 0.29) is 5.91 Å². The van der Waals surface area contributed by atoms with E-state index >= 15 is 0 Å². The van der Waals surface area contributed by atoms with Gasteiger partial charge in [-0.3, -0.25) is 4.79 Å². The number of aromatic nitrogens is 2. The summed E-state index contributed by atoms with van der Waals surface area (Å²) in [5.74, 6) is 1.71. The second-order valence-electron chi connectivity index (χ2n) is 7.26. The molecule has 1 aliphatic rings. The third-order valence-corrected chi connectivity index (χ3v) is 5.99. The molecule has 0 aromatic carbocycles. The molecule has 2 N–H and O–H groups in total. The molecule has 7 nitrogen and oxygen atoms in total. The zero-order valence-electron chi connectivity index (χ0n) is 16.1. The number of quaternary nitrogens is 1. The first-order valence-corrected chi connectivity index (χ1v) is 10.5. The number of hydrogen-bond acceptors (Lipinski definition) is 6. The molecule has 1 aliphatic carbocycles. The van der Waals surface area contributed by atoms with Gasteiger partial charge in [0.2, 0.25) is 0 Å². The molecule has 1 amide bonds. The number of carbonyl (C=O) groups excluding carboxylic acids is 1. The number of amides is 1. The molecule has 0 aliphatic heterocycles. The van der Waals surface area contributed by atoms with Crippen molar-refractivity contribution < 1.29 is 18.8 Å². The van der Waals surface area contributed by atoms with Crippen LogP contribution >= 0.6 is 11.3 Å². The quantitative estimate of drug-likeness (QED) is 0.675. The number of rotatable bonds is 9. The van der Waals surface area contributed by atoms with Gasteiger partial charge >= 0.3 is 0 Å². The Labute approximate surface area is 164 Å². The van der Waals surface area contributed by atoms with Gasteiger partial charge < -0.3 is 19.4 Å². The first-order valence-electron chi connectivity index (χ1n) is 9.64. The number of ether oxygens (including phenoxy) is 1. The minimum absolute atomic E-state index is 0.0813. The monoisotopic (exact) mass is 393 g/mol. The number of thiophene rings is 1. The lowest BCUT2D eigenvalue weighted by molar-refractivity contribution is -0.907. The van der Waals surface area contributed by atoms with Gasteiger partial charge in [0.15, 0.2) is 13.1 Å². The van der Waals surface area contributed by atoms with Gasteiger partial charge in [-0.25, -0.2) is 0 Å². The molecule has 2 aromatic heterocycles. The Morgan fingerprint density at radius 1 is 1.41 bits per heavy atom. The van der Waals surface area contributed by atoms with Gasteiger partial charge in [-0.2, -0.15) is 0 Å². The maximum Gasteiger partial charge on any atom is 0.275 e. The highest BCUT2D eigenvalue weighted by Gasteiger charge is 2.25. The first kappa shape index (κ1) is 20.0. The minimum atomic E-state index is 0.0813. The van der Waals surface area contributed by atoms with Crippen LogP contribution in [0.3, 0.4) is 0 Å². The van der Waals surface area contributed by atoms with Crippen molar-refractivity contribution in [3.63, 3.8) is 0 Å². The summed E-state index contributed by atoms with van der Waals surface area (Å²) in [7, 11) is 1.67. The zero-order chi connectivity index (χ0) is 19.1. The highest BCUT2D eigenvalue weighted by molar-refractivity contribution is 7.13. The molecular formula is C19H29N4O3S+. The van der Waals surface area contributed by atoms with E-state index in [9.17, 15) is 4.79 Å². The fourth-order valence-electron chi connectivity index (χ4n) is 3.54. The van der Waals surface area contributed by atoms with Crippen LogP contribution < -0.4 is 10.2 Å².